The van der Waals surface area contributed by atoms with Crippen molar-refractivity contribution in [1.82, 2.24) is 0 Å². The van der Waals surface area contributed by atoms with Gasteiger partial charge in [0.2, 0.25) is 0 Å². The minimum atomic E-state index is -0.693. The fourth-order valence-corrected chi connectivity index (χ4v) is 3.88. The number of carbonyl (C=O) groups excluding carboxylic acids is 1. The molecule has 1 aliphatic heterocycles. The molecule has 0 aromatic heterocycles. The van der Waals surface area contributed by atoms with Crippen molar-refractivity contribution in [2.24, 2.45) is 0 Å². The number of ether oxygens (including phenoxy) is 1. The summed E-state index contributed by atoms with van der Waals surface area (Å²) in [5, 5.41) is 0. The lowest BCUT2D eigenvalue weighted by Crippen LogP contribution is -2.35. The molecule has 2 nitrogen and oxygen atoms in total. The van der Waals surface area contributed by atoms with Gasteiger partial charge in [0.25, 0.3) is 0 Å². The molecule has 1 atom stereocenters. The molecule has 26 heavy (non-hydrogen) atoms. The summed E-state index contributed by atoms with van der Waals surface area (Å²) in [6.45, 7) is 2.15. The van der Waals surface area contributed by atoms with Crippen LogP contribution < -0.4 is 4.74 Å². The molecule has 0 saturated carbocycles. The van der Waals surface area contributed by atoms with E-state index in [0.29, 0.717) is 5.75 Å². The quantitative estimate of drug-likeness (QED) is 0.436. The van der Waals surface area contributed by atoms with Crippen molar-refractivity contribution < 1.29 is 9.53 Å². The molecule has 4 rings (SSSR count). The summed E-state index contributed by atoms with van der Waals surface area (Å²) in [6.07, 6.45) is 2.78. The number of hydrogen-bond donors (Lipinski definition) is 0. The third-order valence-corrected chi connectivity index (χ3v) is 5.29. The van der Waals surface area contributed by atoms with Crippen LogP contribution in [0, 0.1) is 0 Å². The Morgan fingerprint density at radius 2 is 1.46 bits per heavy atom. The van der Waals surface area contributed by atoms with Crippen LogP contribution in [0.25, 0.3) is 11.1 Å². The van der Waals surface area contributed by atoms with Gasteiger partial charge in [0.1, 0.15) is 11.2 Å². The summed E-state index contributed by atoms with van der Waals surface area (Å²) >= 11 is 0. The number of unbranched alkanes of at least 4 members (excludes halogenated alkanes) is 1. The number of fused-ring (bicyclic) bond motifs is 1. The molecule has 2 heteroatoms. The second kappa shape index (κ2) is 6.80. The molecule has 1 aliphatic rings. The van der Waals surface area contributed by atoms with Crippen molar-refractivity contribution in [3.63, 3.8) is 0 Å². The molecule has 0 aliphatic carbocycles. The van der Waals surface area contributed by atoms with Gasteiger partial charge < -0.3 is 4.74 Å². The maximum absolute atomic E-state index is 13.0. The molecule has 0 amide bonds. The Kier molecular flexibility index (Phi) is 4.34. The Labute approximate surface area is 154 Å². The number of hydrogen-bond acceptors (Lipinski definition) is 2. The first-order valence-corrected chi connectivity index (χ1v) is 9.23. The van der Waals surface area contributed by atoms with Gasteiger partial charge in [-0.1, -0.05) is 92.6 Å². The molecule has 0 saturated heterocycles. The zero-order valence-electron chi connectivity index (χ0n) is 14.9. The molecular weight excluding hydrogens is 320 g/mol. The van der Waals surface area contributed by atoms with E-state index in [4.69, 9.17) is 4.74 Å². The Balaban J connectivity index is 1.80. The van der Waals surface area contributed by atoms with Crippen LogP contribution in [0.1, 0.15) is 37.3 Å². The van der Waals surface area contributed by atoms with Crippen LogP contribution in [-0.2, 0) is 10.2 Å². The van der Waals surface area contributed by atoms with Gasteiger partial charge >= 0.3 is 5.97 Å². The van der Waals surface area contributed by atoms with Crippen LogP contribution in [0.3, 0.4) is 0 Å². The lowest BCUT2D eigenvalue weighted by Gasteiger charge is -2.27. The van der Waals surface area contributed by atoms with Crippen LogP contribution in [-0.4, -0.2) is 5.97 Å². The van der Waals surface area contributed by atoms with Crippen LogP contribution in [0.4, 0.5) is 0 Å². The molecule has 0 N–H and O–H groups in total. The van der Waals surface area contributed by atoms with E-state index in [1.807, 2.05) is 42.5 Å². The second-order valence-electron chi connectivity index (χ2n) is 6.84. The minimum Gasteiger partial charge on any atom is -0.425 e. The topological polar surface area (TPSA) is 26.3 Å². The fraction of sp³-hybridized carbons (Fsp3) is 0.208. The van der Waals surface area contributed by atoms with Crippen LogP contribution in [0.2, 0.25) is 0 Å². The highest BCUT2D eigenvalue weighted by Crippen LogP contribution is 2.47. The predicted octanol–water partition coefficient (Wildman–Crippen LogP) is 5.75. The Morgan fingerprint density at radius 3 is 2.19 bits per heavy atom. The van der Waals surface area contributed by atoms with E-state index < -0.39 is 5.41 Å². The fourth-order valence-electron chi connectivity index (χ4n) is 3.88. The minimum absolute atomic E-state index is 0.153. The first-order valence-electron chi connectivity index (χ1n) is 9.23. The highest BCUT2D eigenvalue weighted by molar-refractivity contribution is 5.94. The zero-order chi connectivity index (χ0) is 18.0. The van der Waals surface area contributed by atoms with Gasteiger partial charge in [0.05, 0.1) is 0 Å². The molecule has 1 unspecified atom stereocenters. The molecule has 0 spiro atoms. The first kappa shape index (κ1) is 16.6. The number of para-hydroxylation sites is 1. The second-order valence-corrected chi connectivity index (χ2v) is 6.84. The van der Waals surface area contributed by atoms with E-state index in [2.05, 4.69) is 43.3 Å². The smallest absolute Gasteiger partial charge is 0.326 e. The van der Waals surface area contributed by atoms with Crippen LogP contribution in [0.5, 0.6) is 5.75 Å². The predicted molar refractivity (Wildman–Crippen MR) is 104 cm³/mol. The standard InChI is InChI=1S/C24H22O2/c1-2-3-17-24(21-11-7-8-12-22(21)26-23(24)25)20-15-13-19(14-16-20)18-9-5-4-6-10-18/h4-16H,2-3,17H2,1H3. The largest absolute Gasteiger partial charge is 0.425 e. The summed E-state index contributed by atoms with van der Waals surface area (Å²) in [5.41, 5.74) is 3.64. The molecule has 0 radical (unpaired) electrons. The average molecular weight is 342 g/mol. The molecule has 0 bridgehead atoms. The van der Waals surface area contributed by atoms with Gasteiger partial charge in [-0.2, -0.15) is 0 Å². The highest BCUT2D eigenvalue weighted by atomic mass is 16.5. The van der Waals surface area contributed by atoms with Crippen molar-refractivity contribution in [3.05, 3.63) is 90.0 Å². The number of carbonyl (C=O) groups is 1. The molecule has 3 aromatic carbocycles. The van der Waals surface area contributed by atoms with Gasteiger partial charge in [-0.05, 0) is 29.2 Å². The summed E-state index contributed by atoms with van der Waals surface area (Å²) in [7, 11) is 0. The van der Waals surface area contributed by atoms with E-state index in [-0.39, 0.29) is 5.97 Å². The highest BCUT2D eigenvalue weighted by Gasteiger charge is 2.49. The van der Waals surface area contributed by atoms with Gasteiger partial charge in [0, 0.05) is 5.56 Å². The third kappa shape index (κ3) is 2.62. The maximum atomic E-state index is 13.0. The van der Waals surface area contributed by atoms with Gasteiger partial charge in [-0.15, -0.1) is 0 Å². The van der Waals surface area contributed by atoms with E-state index in [1.54, 1.807) is 0 Å². The Morgan fingerprint density at radius 1 is 0.808 bits per heavy atom. The Hall–Kier alpha value is -2.87. The number of benzene rings is 3. The van der Waals surface area contributed by atoms with Crippen LogP contribution in [0.15, 0.2) is 78.9 Å². The van der Waals surface area contributed by atoms with E-state index in [0.717, 1.165) is 36.0 Å². The van der Waals surface area contributed by atoms with Crippen molar-refractivity contribution in [2.45, 2.75) is 31.6 Å². The monoisotopic (exact) mass is 342 g/mol. The first-order chi connectivity index (χ1) is 12.8. The average Bonchev–Trinajstić information content (AvgIpc) is 2.99. The van der Waals surface area contributed by atoms with E-state index in [1.165, 1.54) is 5.56 Å². The number of esters is 1. The van der Waals surface area contributed by atoms with E-state index >= 15 is 0 Å². The van der Waals surface area contributed by atoms with E-state index in [9.17, 15) is 4.79 Å². The molecule has 0 fully saturated rings. The summed E-state index contributed by atoms with van der Waals surface area (Å²) in [4.78, 5) is 13.0. The van der Waals surface area contributed by atoms with Crippen molar-refractivity contribution in [2.75, 3.05) is 0 Å². The van der Waals surface area contributed by atoms with Crippen molar-refractivity contribution >= 4 is 5.97 Å². The molecular formula is C24H22O2. The summed E-state index contributed by atoms with van der Waals surface area (Å²) in [6, 6.07) is 26.5. The Bertz CT molecular complexity index is 912. The molecule has 1 heterocycles. The normalized spacial score (nSPS) is 18.4. The van der Waals surface area contributed by atoms with Crippen LogP contribution >= 0.6 is 0 Å². The molecule has 130 valence electrons. The maximum Gasteiger partial charge on any atom is 0.326 e. The summed E-state index contributed by atoms with van der Waals surface area (Å²) < 4.78 is 5.65. The SMILES string of the molecule is CCCCC1(c2ccc(-c3ccccc3)cc2)C(=O)Oc2ccccc21. The molecule has 3 aromatic rings. The lowest BCUT2D eigenvalue weighted by molar-refractivity contribution is -0.137. The van der Waals surface area contributed by atoms with Crippen molar-refractivity contribution in [1.29, 1.82) is 0 Å². The van der Waals surface area contributed by atoms with Gasteiger partial charge in [-0.3, -0.25) is 4.79 Å². The summed E-state index contributed by atoms with van der Waals surface area (Å²) in [5.74, 6) is 0.542. The number of rotatable bonds is 5. The third-order valence-electron chi connectivity index (χ3n) is 5.29. The van der Waals surface area contributed by atoms with Gasteiger partial charge in [0.15, 0.2) is 0 Å². The zero-order valence-corrected chi connectivity index (χ0v) is 14.9. The lowest BCUT2D eigenvalue weighted by atomic mass is 9.72. The van der Waals surface area contributed by atoms with Crippen molar-refractivity contribution in [3.8, 4) is 16.9 Å². The van der Waals surface area contributed by atoms with Gasteiger partial charge in [-0.25, -0.2) is 0 Å².